The van der Waals surface area contributed by atoms with Gasteiger partial charge in [0, 0.05) is 43.5 Å². The molecule has 3 N–H and O–H groups in total. The number of nitrogens with zero attached hydrogens (tertiary/aromatic N) is 2. The third-order valence-corrected chi connectivity index (χ3v) is 5.48. The highest BCUT2D eigenvalue weighted by molar-refractivity contribution is 7.09. The molecular weight excluding hydrogens is 435 g/mol. The van der Waals surface area contributed by atoms with Crippen molar-refractivity contribution in [2.75, 3.05) is 33.9 Å². The number of benzene rings is 1. The maximum absolute atomic E-state index is 12.4. The van der Waals surface area contributed by atoms with Crippen molar-refractivity contribution >= 4 is 42.1 Å². The van der Waals surface area contributed by atoms with Gasteiger partial charge in [-0.2, -0.15) is 0 Å². The molecule has 1 unspecified atom stereocenters. The molecule has 2 heterocycles. The summed E-state index contributed by atoms with van der Waals surface area (Å²) >= 11 is 1.48. The van der Waals surface area contributed by atoms with E-state index in [0.717, 1.165) is 48.1 Å². The summed E-state index contributed by atoms with van der Waals surface area (Å²) in [6.07, 6.45) is 1.63. The third-order valence-electron chi connectivity index (χ3n) is 4.57. The number of nitrogens with one attached hydrogen (secondary N) is 1. The second-order valence-corrected chi connectivity index (χ2v) is 7.52. The van der Waals surface area contributed by atoms with Gasteiger partial charge in [-0.25, -0.2) is 4.98 Å². The predicted molar refractivity (Wildman–Crippen MR) is 120 cm³/mol. The van der Waals surface area contributed by atoms with Crippen molar-refractivity contribution in [3.8, 4) is 11.5 Å². The molecule has 1 aromatic heterocycles. The predicted octanol–water partition coefficient (Wildman–Crippen LogP) is 2.51. The second kappa shape index (κ2) is 12.2. The molecule has 1 atom stereocenters. The van der Waals surface area contributed by atoms with Gasteiger partial charge in [0.1, 0.15) is 17.2 Å². The van der Waals surface area contributed by atoms with Gasteiger partial charge in [0.25, 0.3) is 5.91 Å². The van der Waals surface area contributed by atoms with Crippen molar-refractivity contribution in [2.45, 2.75) is 25.4 Å². The van der Waals surface area contributed by atoms with Crippen LogP contribution in [-0.2, 0) is 13.0 Å². The number of amides is 1. The van der Waals surface area contributed by atoms with Crippen molar-refractivity contribution in [1.29, 1.82) is 0 Å². The number of hydrogen-bond donors (Lipinski definition) is 2. The summed E-state index contributed by atoms with van der Waals surface area (Å²) in [5, 5.41) is 5.80. The number of thiazole rings is 1. The minimum Gasteiger partial charge on any atom is -0.497 e. The van der Waals surface area contributed by atoms with Gasteiger partial charge in [-0.05, 0) is 30.7 Å². The molecule has 0 bridgehead atoms. The van der Waals surface area contributed by atoms with E-state index in [1.807, 2.05) is 18.2 Å². The highest BCUT2D eigenvalue weighted by atomic mass is 35.5. The van der Waals surface area contributed by atoms with Gasteiger partial charge < -0.3 is 20.5 Å². The Balaban J connectivity index is 0.00000210. The first-order chi connectivity index (χ1) is 13.1. The lowest BCUT2D eigenvalue weighted by Gasteiger charge is -2.17. The van der Waals surface area contributed by atoms with Crippen molar-refractivity contribution in [1.82, 2.24) is 15.2 Å². The normalized spacial score (nSPS) is 15.9. The van der Waals surface area contributed by atoms with Crippen molar-refractivity contribution < 1.29 is 14.3 Å². The maximum Gasteiger partial charge on any atom is 0.271 e. The first kappa shape index (κ1) is 25.5. The van der Waals surface area contributed by atoms with E-state index in [0.29, 0.717) is 18.7 Å². The van der Waals surface area contributed by atoms with Crippen LogP contribution in [0, 0.1) is 0 Å². The quantitative estimate of drug-likeness (QED) is 0.626. The Morgan fingerprint density at radius 1 is 1.28 bits per heavy atom. The molecule has 1 aliphatic rings. The van der Waals surface area contributed by atoms with Crippen LogP contribution in [0.3, 0.4) is 0 Å². The largest absolute Gasteiger partial charge is 0.497 e. The molecule has 7 nitrogen and oxygen atoms in total. The van der Waals surface area contributed by atoms with Crippen LogP contribution < -0.4 is 20.5 Å². The van der Waals surface area contributed by atoms with Crippen LogP contribution in [-0.4, -0.2) is 55.7 Å². The Labute approximate surface area is 187 Å². The third kappa shape index (κ3) is 7.01. The van der Waals surface area contributed by atoms with Gasteiger partial charge in [0.15, 0.2) is 0 Å². The van der Waals surface area contributed by atoms with E-state index in [2.05, 4.69) is 15.2 Å². The molecule has 29 heavy (non-hydrogen) atoms. The number of carbonyl (C=O) groups excluding carboxylic acids is 1. The highest BCUT2D eigenvalue weighted by Crippen LogP contribution is 2.24. The molecule has 162 valence electrons. The van der Waals surface area contributed by atoms with E-state index >= 15 is 0 Å². The molecule has 1 saturated heterocycles. The molecule has 1 aromatic carbocycles. The number of hydrogen-bond acceptors (Lipinski definition) is 7. The number of nitrogens with two attached hydrogens (primary N) is 1. The van der Waals surface area contributed by atoms with Crippen LogP contribution in [0.25, 0.3) is 0 Å². The number of ether oxygens (including phenoxy) is 2. The molecule has 0 aliphatic carbocycles. The Hall–Kier alpha value is -1.58. The summed E-state index contributed by atoms with van der Waals surface area (Å²) in [5.74, 6) is 1.46. The van der Waals surface area contributed by atoms with Crippen molar-refractivity contribution in [2.24, 2.45) is 5.73 Å². The van der Waals surface area contributed by atoms with Crippen LogP contribution >= 0.6 is 36.2 Å². The van der Waals surface area contributed by atoms with Crippen molar-refractivity contribution in [3.05, 3.63) is 39.8 Å². The number of likely N-dealkylation sites (tertiary alicyclic amines) is 1. The zero-order valence-corrected chi connectivity index (χ0v) is 19.0. The van der Waals surface area contributed by atoms with E-state index in [-0.39, 0.29) is 36.8 Å². The van der Waals surface area contributed by atoms with E-state index in [4.69, 9.17) is 15.2 Å². The molecular formula is C19H28Cl2N4O3S. The van der Waals surface area contributed by atoms with E-state index in [1.54, 1.807) is 19.6 Å². The summed E-state index contributed by atoms with van der Waals surface area (Å²) in [7, 11) is 3.30. The summed E-state index contributed by atoms with van der Waals surface area (Å²) in [6.45, 7) is 3.07. The van der Waals surface area contributed by atoms with Gasteiger partial charge in [0.2, 0.25) is 0 Å². The zero-order valence-electron chi connectivity index (χ0n) is 16.6. The lowest BCUT2D eigenvalue weighted by atomic mass is 10.2. The molecule has 3 rings (SSSR count). The average Bonchev–Trinajstić information content (AvgIpc) is 3.31. The second-order valence-electron chi connectivity index (χ2n) is 6.58. The van der Waals surface area contributed by atoms with Crippen molar-refractivity contribution in [3.63, 3.8) is 0 Å². The fraction of sp³-hybridized carbons (Fsp3) is 0.474. The average molecular weight is 463 g/mol. The fourth-order valence-corrected chi connectivity index (χ4v) is 4.02. The standard InChI is InChI=1S/C19H26N4O3S.2ClH/c1-25-15-7-13(8-16(9-15)26-2)10-23-6-4-14(11-23)21-19(24)17-12-27-18(22-17)3-5-20;;/h7-9,12,14H,3-6,10-11,20H2,1-2H3,(H,21,24);2*1H. The van der Waals surface area contributed by atoms with E-state index in [9.17, 15) is 4.79 Å². The molecule has 1 amide bonds. The molecule has 0 saturated carbocycles. The molecule has 1 aliphatic heterocycles. The number of methoxy groups -OCH3 is 2. The van der Waals surface area contributed by atoms with Gasteiger partial charge >= 0.3 is 0 Å². The van der Waals surface area contributed by atoms with Gasteiger partial charge in [-0.1, -0.05) is 0 Å². The molecule has 10 heteroatoms. The summed E-state index contributed by atoms with van der Waals surface area (Å²) < 4.78 is 10.7. The zero-order chi connectivity index (χ0) is 19.2. The van der Waals surface area contributed by atoms with Crippen LogP contribution in [0.1, 0.15) is 27.5 Å². The fourth-order valence-electron chi connectivity index (χ4n) is 3.22. The maximum atomic E-state index is 12.4. The Kier molecular flexibility index (Phi) is 10.7. The number of halogens is 2. The number of rotatable bonds is 8. The van der Waals surface area contributed by atoms with Crippen LogP contribution in [0.5, 0.6) is 11.5 Å². The van der Waals surface area contributed by atoms with E-state index in [1.165, 1.54) is 11.3 Å². The summed E-state index contributed by atoms with van der Waals surface area (Å²) in [5.41, 5.74) is 7.15. The van der Waals surface area contributed by atoms with E-state index < -0.39 is 0 Å². The molecule has 0 radical (unpaired) electrons. The molecule has 1 fully saturated rings. The Bertz CT molecular complexity index is 768. The molecule has 0 spiro atoms. The van der Waals surface area contributed by atoms with Gasteiger partial charge in [-0.3, -0.25) is 9.69 Å². The minimum atomic E-state index is -0.107. The molecule has 2 aromatic rings. The first-order valence-corrected chi connectivity index (χ1v) is 9.89. The minimum absolute atomic E-state index is 0. The lowest BCUT2D eigenvalue weighted by molar-refractivity contribution is 0.0933. The Morgan fingerprint density at radius 2 is 1.97 bits per heavy atom. The first-order valence-electron chi connectivity index (χ1n) is 9.01. The highest BCUT2D eigenvalue weighted by Gasteiger charge is 2.25. The SMILES string of the molecule is COc1cc(CN2CCC(NC(=O)c3csc(CCN)n3)C2)cc(OC)c1.Cl.Cl. The monoisotopic (exact) mass is 462 g/mol. The smallest absolute Gasteiger partial charge is 0.271 e. The Morgan fingerprint density at radius 3 is 2.59 bits per heavy atom. The number of aromatic nitrogens is 1. The van der Waals surface area contributed by atoms with Crippen LogP contribution in [0.15, 0.2) is 23.6 Å². The van der Waals surface area contributed by atoms with Crippen LogP contribution in [0.2, 0.25) is 0 Å². The van der Waals surface area contributed by atoms with Gasteiger partial charge in [-0.15, -0.1) is 36.2 Å². The van der Waals surface area contributed by atoms with Crippen LogP contribution in [0.4, 0.5) is 0 Å². The topological polar surface area (TPSA) is 89.7 Å². The van der Waals surface area contributed by atoms with Gasteiger partial charge in [0.05, 0.1) is 19.2 Å². The number of carbonyl (C=O) groups is 1. The summed E-state index contributed by atoms with van der Waals surface area (Å²) in [4.78, 5) is 19.1. The summed E-state index contributed by atoms with van der Waals surface area (Å²) in [6, 6.07) is 6.03. The lowest BCUT2D eigenvalue weighted by Crippen LogP contribution is -2.37.